The van der Waals surface area contributed by atoms with Crippen LogP contribution in [0.3, 0.4) is 0 Å². The normalized spacial score (nSPS) is 10.8. The van der Waals surface area contributed by atoms with E-state index >= 15 is 0 Å². The third kappa shape index (κ3) is 4.86. The summed E-state index contributed by atoms with van der Waals surface area (Å²) >= 11 is 0. The van der Waals surface area contributed by atoms with Gasteiger partial charge in [0.2, 0.25) is 15.9 Å². The topological polar surface area (TPSA) is 121 Å². The van der Waals surface area contributed by atoms with Crippen LogP contribution in [0.4, 0.5) is 5.69 Å². The van der Waals surface area contributed by atoms with E-state index in [-0.39, 0.29) is 5.75 Å². The first-order valence-electron chi connectivity index (χ1n) is 9.45. The maximum atomic E-state index is 12.6. The smallest absolute Gasteiger partial charge is 0.242 e. The molecule has 0 aliphatic carbocycles. The highest BCUT2D eigenvalue weighted by Gasteiger charge is 2.12. The Labute approximate surface area is 184 Å². The molecule has 32 heavy (non-hydrogen) atoms. The molecule has 158 valence electrons. The van der Waals surface area contributed by atoms with E-state index in [1.54, 1.807) is 48.7 Å². The Kier molecular flexibility index (Phi) is 5.75. The maximum Gasteiger partial charge on any atom is 0.242 e. The molecule has 0 aliphatic heterocycles. The lowest BCUT2D eigenvalue weighted by Gasteiger charge is -2.08. The molecule has 0 radical (unpaired) electrons. The van der Waals surface area contributed by atoms with Crippen LogP contribution in [0, 0.1) is 23.2 Å². The lowest BCUT2D eigenvalue weighted by molar-refractivity contribution is 0.401. The minimum Gasteiger partial charge on any atom is -0.479 e. The first-order chi connectivity index (χ1) is 15.5. The van der Waals surface area contributed by atoms with Crippen LogP contribution in [0.5, 0.6) is 5.88 Å². The van der Waals surface area contributed by atoms with Crippen LogP contribution in [-0.4, -0.2) is 30.7 Å². The van der Waals surface area contributed by atoms with Gasteiger partial charge in [0.05, 0.1) is 29.9 Å². The molecular formula is C23H17N5O3S. The fraction of sp³-hybridized carbons (Fsp3) is 0.0870. The molecule has 0 unspecified atom stereocenters. The van der Waals surface area contributed by atoms with Crippen LogP contribution >= 0.6 is 0 Å². The first kappa shape index (κ1) is 20.9. The number of nitrogens with one attached hydrogen (secondary N) is 2. The number of pyridine rings is 1. The standard InChI is InChI=1S/C23H17N5O3S/c1-31-23-21-12-18(14-25-22(21)26-27-23)9-8-16-4-2-6-19(10-16)15-32(29,30)28-20-7-3-5-17(11-20)13-24/h2-7,10-12,14,28H,15H2,1H3,(H,25,26,27). The Balaban J connectivity index is 1.52. The summed E-state index contributed by atoms with van der Waals surface area (Å²) in [6, 6.07) is 17.1. The van der Waals surface area contributed by atoms with Crippen molar-refractivity contribution in [3.8, 4) is 23.8 Å². The maximum absolute atomic E-state index is 12.6. The number of nitrogens with zero attached hydrogens (tertiary/aromatic N) is 3. The minimum absolute atomic E-state index is 0.223. The Morgan fingerprint density at radius 2 is 1.84 bits per heavy atom. The van der Waals surface area contributed by atoms with Gasteiger partial charge in [-0.3, -0.25) is 9.82 Å². The van der Waals surface area contributed by atoms with Gasteiger partial charge in [-0.05, 0) is 42.0 Å². The van der Waals surface area contributed by atoms with Crippen molar-refractivity contribution in [2.24, 2.45) is 0 Å². The van der Waals surface area contributed by atoms with Gasteiger partial charge in [-0.25, -0.2) is 13.4 Å². The number of H-pyrrole nitrogens is 1. The van der Waals surface area contributed by atoms with E-state index in [4.69, 9.17) is 10.00 Å². The first-order valence-corrected chi connectivity index (χ1v) is 11.1. The second kappa shape index (κ2) is 8.80. The van der Waals surface area contributed by atoms with Crippen molar-refractivity contribution < 1.29 is 13.2 Å². The zero-order valence-corrected chi connectivity index (χ0v) is 17.8. The van der Waals surface area contributed by atoms with Gasteiger partial charge >= 0.3 is 0 Å². The highest BCUT2D eigenvalue weighted by molar-refractivity contribution is 7.91. The van der Waals surface area contributed by atoms with Gasteiger partial charge in [-0.2, -0.15) is 5.26 Å². The summed E-state index contributed by atoms with van der Waals surface area (Å²) in [5.41, 5.74) is 3.26. The van der Waals surface area contributed by atoms with Crippen molar-refractivity contribution in [1.82, 2.24) is 15.2 Å². The van der Waals surface area contributed by atoms with E-state index < -0.39 is 10.0 Å². The van der Waals surface area contributed by atoms with Crippen LogP contribution in [0.1, 0.15) is 22.3 Å². The molecule has 4 rings (SSSR count). The number of fused-ring (bicyclic) bond motifs is 1. The number of hydrogen-bond acceptors (Lipinski definition) is 6. The lowest BCUT2D eigenvalue weighted by Crippen LogP contribution is -2.15. The van der Waals surface area contributed by atoms with Crippen LogP contribution < -0.4 is 9.46 Å². The Bertz CT molecular complexity index is 1510. The Morgan fingerprint density at radius 3 is 2.66 bits per heavy atom. The largest absolute Gasteiger partial charge is 0.479 e. The Hall–Kier alpha value is -4.34. The summed E-state index contributed by atoms with van der Waals surface area (Å²) in [6.45, 7) is 0. The minimum atomic E-state index is -3.66. The molecule has 8 nitrogen and oxygen atoms in total. The van der Waals surface area contributed by atoms with E-state index in [1.807, 2.05) is 12.1 Å². The van der Waals surface area contributed by atoms with Crippen molar-refractivity contribution in [3.63, 3.8) is 0 Å². The third-order valence-electron chi connectivity index (χ3n) is 4.47. The van der Waals surface area contributed by atoms with E-state index in [9.17, 15) is 8.42 Å². The van der Waals surface area contributed by atoms with Crippen LogP contribution in [0.2, 0.25) is 0 Å². The van der Waals surface area contributed by atoms with Gasteiger partial charge in [0.15, 0.2) is 5.65 Å². The molecule has 0 bridgehead atoms. The lowest BCUT2D eigenvalue weighted by atomic mass is 10.1. The number of ether oxygens (including phenoxy) is 1. The van der Waals surface area contributed by atoms with E-state index in [0.717, 1.165) is 5.39 Å². The molecule has 2 heterocycles. The van der Waals surface area contributed by atoms with Crippen molar-refractivity contribution in [2.75, 3.05) is 11.8 Å². The van der Waals surface area contributed by atoms with Gasteiger partial charge in [0.1, 0.15) is 0 Å². The van der Waals surface area contributed by atoms with Crippen molar-refractivity contribution in [1.29, 1.82) is 5.26 Å². The van der Waals surface area contributed by atoms with Gasteiger partial charge in [-0.15, -0.1) is 5.10 Å². The van der Waals surface area contributed by atoms with Gasteiger partial charge in [0.25, 0.3) is 0 Å². The van der Waals surface area contributed by atoms with Crippen molar-refractivity contribution in [2.45, 2.75) is 5.75 Å². The average molecular weight is 443 g/mol. The van der Waals surface area contributed by atoms with Gasteiger partial charge < -0.3 is 4.74 Å². The molecule has 0 aliphatic rings. The predicted molar refractivity (Wildman–Crippen MR) is 120 cm³/mol. The van der Waals surface area contributed by atoms with E-state index in [1.165, 1.54) is 13.2 Å². The number of anilines is 1. The van der Waals surface area contributed by atoms with Crippen molar-refractivity contribution >= 4 is 26.7 Å². The number of sulfonamides is 1. The van der Waals surface area contributed by atoms with E-state index in [0.29, 0.717) is 39.5 Å². The van der Waals surface area contributed by atoms with E-state index in [2.05, 4.69) is 31.7 Å². The molecule has 0 atom stereocenters. The molecule has 0 spiro atoms. The molecule has 2 N–H and O–H groups in total. The number of benzene rings is 2. The number of nitriles is 1. The molecule has 9 heteroatoms. The summed E-state index contributed by atoms with van der Waals surface area (Å²) < 4.78 is 32.8. The zero-order chi connectivity index (χ0) is 22.6. The quantitative estimate of drug-likeness (QED) is 0.457. The summed E-state index contributed by atoms with van der Waals surface area (Å²) in [4.78, 5) is 4.27. The van der Waals surface area contributed by atoms with Crippen LogP contribution in [-0.2, 0) is 15.8 Å². The summed E-state index contributed by atoms with van der Waals surface area (Å²) in [6.07, 6.45) is 1.63. The monoisotopic (exact) mass is 443 g/mol. The second-order valence-electron chi connectivity index (χ2n) is 6.86. The highest BCUT2D eigenvalue weighted by Crippen LogP contribution is 2.21. The van der Waals surface area contributed by atoms with Gasteiger partial charge in [-0.1, -0.05) is 30.0 Å². The summed E-state index contributed by atoms with van der Waals surface area (Å²) in [5.74, 6) is 6.28. The molecule has 2 aromatic carbocycles. The fourth-order valence-electron chi connectivity index (χ4n) is 3.08. The summed E-state index contributed by atoms with van der Waals surface area (Å²) in [7, 11) is -2.13. The number of methoxy groups -OCH3 is 1. The van der Waals surface area contributed by atoms with Crippen LogP contribution in [0.25, 0.3) is 11.0 Å². The number of rotatable bonds is 5. The molecule has 0 saturated carbocycles. The molecule has 0 saturated heterocycles. The molecule has 0 fully saturated rings. The van der Waals surface area contributed by atoms with Gasteiger partial charge in [0, 0.05) is 23.0 Å². The molecule has 0 amide bonds. The number of aromatic nitrogens is 3. The fourth-order valence-corrected chi connectivity index (χ4v) is 4.25. The number of aromatic amines is 1. The molecule has 2 aromatic heterocycles. The highest BCUT2D eigenvalue weighted by atomic mass is 32.2. The zero-order valence-electron chi connectivity index (χ0n) is 17.0. The van der Waals surface area contributed by atoms with Crippen LogP contribution in [0.15, 0.2) is 60.8 Å². The predicted octanol–water partition coefficient (Wildman–Crippen LogP) is 3.18. The average Bonchev–Trinajstić information content (AvgIpc) is 3.20. The van der Waals surface area contributed by atoms with Crippen molar-refractivity contribution in [3.05, 3.63) is 83.0 Å². The molecular weight excluding hydrogens is 426 g/mol. The third-order valence-corrected chi connectivity index (χ3v) is 5.73. The second-order valence-corrected chi connectivity index (χ2v) is 8.58. The summed E-state index contributed by atoms with van der Waals surface area (Å²) in [5, 5.41) is 16.5. The number of hydrogen-bond donors (Lipinski definition) is 2. The molecule has 4 aromatic rings. The SMILES string of the molecule is COc1n[nH]c2ncc(C#Cc3cccc(CS(=O)(=O)Nc4cccc(C#N)c4)c3)cc12. The Morgan fingerprint density at radius 1 is 1.06 bits per heavy atom.